The van der Waals surface area contributed by atoms with Crippen LogP contribution in [-0.2, 0) is 0 Å². The van der Waals surface area contributed by atoms with Gasteiger partial charge in [0.25, 0.3) is 0 Å². The summed E-state index contributed by atoms with van der Waals surface area (Å²) in [4.78, 5) is 25.0. The molecule has 2 amide bonds. The zero-order valence-corrected chi connectivity index (χ0v) is 18.6. The molecule has 33 heavy (non-hydrogen) atoms. The maximum Gasteiger partial charge on any atom is 0.321 e. The molecule has 0 bridgehead atoms. The maximum atomic E-state index is 12.9. The Bertz CT molecular complexity index is 1140. The van der Waals surface area contributed by atoms with Gasteiger partial charge in [0.05, 0.1) is 24.2 Å². The molecule has 6 nitrogen and oxygen atoms in total. The van der Waals surface area contributed by atoms with E-state index in [0.717, 1.165) is 22.6 Å². The summed E-state index contributed by atoms with van der Waals surface area (Å²) in [5.41, 5.74) is 4.11. The van der Waals surface area contributed by atoms with Gasteiger partial charge in [-0.05, 0) is 12.1 Å². The van der Waals surface area contributed by atoms with Crippen LogP contribution in [0.25, 0.3) is 0 Å². The van der Waals surface area contributed by atoms with E-state index in [2.05, 4.69) is 29.6 Å². The lowest BCUT2D eigenvalue weighted by Crippen LogP contribution is -2.46. The number of urea groups is 1. The first-order chi connectivity index (χ1) is 16.2. The fourth-order valence-electron chi connectivity index (χ4n) is 4.38. The van der Waals surface area contributed by atoms with E-state index in [1.165, 1.54) is 0 Å². The molecule has 0 atom stereocenters. The number of carbonyl (C=O) groups excluding carboxylic acids is 1. The standard InChI is InChI=1S/C27H26N4O2/c1-33-23-15-9-8-14-22(23)28-26(32)31-18-16-27(17-19-31)29-24(20-10-4-2-5-11-20)25(30-27)21-12-6-3-7-13-21/h2-15H,16-19H2,1H3,(H,28,32). The number of piperidine rings is 1. The highest BCUT2D eigenvalue weighted by Crippen LogP contribution is 2.35. The first-order valence-corrected chi connectivity index (χ1v) is 11.2. The van der Waals surface area contributed by atoms with E-state index < -0.39 is 5.66 Å². The molecule has 0 unspecified atom stereocenters. The SMILES string of the molecule is COc1ccccc1NC(=O)N1CCC2(CC1)N=C(c1ccccc1)C(c1ccccc1)=N2. The largest absolute Gasteiger partial charge is 0.495 e. The number of nitrogens with one attached hydrogen (secondary N) is 1. The van der Waals surface area contributed by atoms with Crippen molar-refractivity contribution in [2.24, 2.45) is 9.98 Å². The predicted molar refractivity (Wildman–Crippen MR) is 132 cm³/mol. The van der Waals surface area contributed by atoms with E-state index in [1.54, 1.807) is 7.11 Å². The molecule has 1 spiro atoms. The molecule has 0 saturated carbocycles. The molecule has 1 saturated heterocycles. The first-order valence-electron chi connectivity index (χ1n) is 11.2. The Morgan fingerprint density at radius 2 is 1.33 bits per heavy atom. The minimum absolute atomic E-state index is 0.133. The summed E-state index contributed by atoms with van der Waals surface area (Å²) in [6.07, 6.45) is 1.36. The molecule has 3 aromatic rings. The Morgan fingerprint density at radius 3 is 1.88 bits per heavy atom. The van der Waals surface area contributed by atoms with E-state index in [4.69, 9.17) is 14.7 Å². The van der Waals surface area contributed by atoms with Crippen LogP contribution in [0.2, 0.25) is 0 Å². The number of hydrogen-bond acceptors (Lipinski definition) is 4. The van der Waals surface area contributed by atoms with Crippen molar-refractivity contribution in [3.05, 3.63) is 96.1 Å². The Kier molecular flexibility index (Phi) is 5.65. The summed E-state index contributed by atoms with van der Waals surface area (Å²) in [5, 5.41) is 2.97. The van der Waals surface area contributed by atoms with Gasteiger partial charge in [-0.15, -0.1) is 0 Å². The second kappa shape index (κ2) is 8.90. The Labute approximate surface area is 193 Å². The molecule has 2 aliphatic heterocycles. The van der Waals surface area contributed by atoms with E-state index in [1.807, 2.05) is 65.6 Å². The molecule has 6 heteroatoms. The minimum Gasteiger partial charge on any atom is -0.495 e. The van der Waals surface area contributed by atoms with Gasteiger partial charge in [-0.25, -0.2) is 4.79 Å². The summed E-state index contributed by atoms with van der Waals surface area (Å²) < 4.78 is 5.35. The van der Waals surface area contributed by atoms with Crippen LogP contribution >= 0.6 is 0 Å². The van der Waals surface area contributed by atoms with Crippen LogP contribution in [0.1, 0.15) is 24.0 Å². The number of anilines is 1. The topological polar surface area (TPSA) is 66.3 Å². The maximum absolute atomic E-state index is 12.9. The number of rotatable bonds is 4. The summed E-state index contributed by atoms with van der Waals surface area (Å²) in [6, 6.07) is 27.7. The van der Waals surface area contributed by atoms with E-state index in [-0.39, 0.29) is 6.03 Å². The third-order valence-corrected chi connectivity index (χ3v) is 6.16. The number of para-hydroxylation sites is 2. The van der Waals surface area contributed by atoms with E-state index >= 15 is 0 Å². The van der Waals surface area contributed by atoms with Crippen LogP contribution in [-0.4, -0.2) is 48.2 Å². The summed E-state index contributed by atoms with van der Waals surface area (Å²) >= 11 is 0. The van der Waals surface area contributed by atoms with Gasteiger partial charge < -0.3 is 15.0 Å². The smallest absolute Gasteiger partial charge is 0.321 e. The number of aliphatic imine (C=N–C) groups is 2. The van der Waals surface area contributed by atoms with Gasteiger partial charge in [0, 0.05) is 37.1 Å². The first kappa shape index (κ1) is 20.9. The second-order valence-electron chi connectivity index (χ2n) is 8.25. The van der Waals surface area contributed by atoms with Gasteiger partial charge in [-0.3, -0.25) is 9.98 Å². The van der Waals surface area contributed by atoms with Crippen molar-refractivity contribution < 1.29 is 9.53 Å². The molecule has 2 heterocycles. The van der Waals surface area contributed by atoms with Crippen molar-refractivity contribution in [2.75, 3.05) is 25.5 Å². The zero-order chi connectivity index (χ0) is 22.7. The van der Waals surface area contributed by atoms with Crippen LogP contribution in [0.3, 0.4) is 0 Å². The fourth-order valence-corrected chi connectivity index (χ4v) is 4.38. The number of nitrogens with zero attached hydrogens (tertiary/aromatic N) is 3. The number of methoxy groups -OCH3 is 1. The Morgan fingerprint density at radius 1 is 0.818 bits per heavy atom. The zero-order valence-electron chi connectivity index (χ0n) is 18.6. The van der Waals surface area contributed by atoms with Crippen molar-refractivity contribution >= 4 is 23.1 Å². The van der Waals surface area contributed by atoms with Crippen LogP contribution < -0.4 is 10.1 Å². The van der Waals surface area contributed by atoms with Crippen LogP contribution in [0, 0.1) is 0 Å². The number of ether oxygens (including phenoxy) is 1. The molecule has 1 fully saturated rings. The van der Waals surface area contributed by atoms with Crippen molar-refractivity contribution in [1.82, 2.24) is 4.90 Å². The highest BCUT2D eigenvalue weighted by Gasteiger charge is 2.40. The highest BCUT2D eigenvalue weighted by molar-refractivity contribution is 6.54. The van der Waals surface area contributed by atoms with Gasteiger partial charge in [-0.2, -0.15) is 0 Å². The molecule has 5 rings (SSSR count). The Hall–Kier alpha value is -3.93. The van der Waals surface area contributed by atoms with Gasteiger partial charge in [0.2, 0.25) is 0 Å². The third kappa shape index (κ3) is 4.24. The van der Waals surface area contributed by atoms with Gasteiger partial charge in [-0.1, -0.05) is 72.8 Å². The average Bonchev–Trinajstić information content (AvgIpc) is 3.25. The molecule has 0 aromatic heterocycles. The normalized spacial score (nSPS) is 16.8. The summed E-state index contributed by atoms with van der Waals surface area (Å²) in [6.45, 7) is 1.16. The second-order valence-corrected chi connectivity index (χ2v) is 8.25. The van der Waals surface area contributed by atoms with Crippen molar-refractivity contribution in [3.63, 3.8) is 0 Å². The number of carbonyl (C=O) groups is 1. The molecule has 3 aromatic carbocycles. The van der Waals surface area contributed by atoms with Crippen LogP contribution in [0.15, 0.2) is 94.9 Å². The summed E-state index contributed by atoms with van der Waals surface area (Å²) in [5.74, 6) is 0.643. The van der Waals surface area contributed by atoms with Gasteiger partial charge in [0.1, 0.15) is 5.75 Å². The molecule has 2 aliphatic rings. The minimum atomic E-state index is -0.530. The molecule has 0 radical (unpaired) electrons. The number of likely N-dealkylation sites (tertiary alicyclic amines) is 1. The lowest BCUT2D eigenvalue weighted by Gasteiger charge is -2.35. The van der Waals surface area contributed by atoms with Crippen LogP contribution in [0.5, 0.6) is 5.75 Å². The van der Waals surface area contributed by atoms with Crippen molar-refractivity contribution in [2.45, 2.75) is 18.5 Å². The molecular weight excluding hydrogens is 412 g/mol. The molecular formula is C27H26N4O2. The fraction of sp³-hybridized carbons (Fsp3) is 0.222. The van der Waals surface area contributed by atoms with Crippen molar-refractivity contribution in [3.8, 4) is 5.75 Å². The molecule has 0 aliphatic carbocycles. The lowest BCUT2D eigenvalue weighted by atomic mass is 9.98. The summed E-state index contributed by atoms with van der Waals surface area (Å²) in [7, 11) is 1.60. The van der Waals surface area contributed by atoms with Gasteiger partial charge in [0.15, 0.2) is 5.66 Å². The van der Waals surface area contributed by atoms with Gasteiger partial charge >= 0.3 is 6.03 Å². The molecule has 166 valence electrons. The number of benzene rings is 3. The molecule has 1 N–H and O–H groups in total. The van der Waals surface area contributed by atoms with E-state index in [0.29, 0.717) is 37.4 Å². The van der Waals surface area contributed by atoms with E-state index in [9.17, 15) is 4.79 Å². The Balaban J connectivity index is 1.36. The van der Waals surface area contributed by atoms with Crippen molar-refractivity contribution in [1.29, 1.82) is 0 Å². The average molecular weight is 439 g/mol. The monoisotopic (exact) mass is 438 g/mol. The number of hydrogen-bond donors (Lipinski definition) is 1. The quantitative estimate of drug-likeness (QED) is 0.622. The highest BCUT2D eigenvalue weighted by atomic mass is 16.5. The predicted octanol–water partition coefficient (Wildman–Crippen LogP) is 5.01. The van der Waals surface area contributed by atoms with Crippen LogP contribution in [0.4, 0.5) is 10.5 Å². The number of amides is 2. The third-order valence-electron chi connectivity index (χ3n) is 6.16. The lowest BCUT2D eigenvalue weighted by molar-refractivity contribution is 0.174.